The van der Waals surface area contributed by atoms with E-state index in [1.54, 1.807) is 49.6 Å². The first-order chi connectivity index (χ1) is 13.5. The molecule has 1 aliphatic rings. The van der Waals surface area contributed by atoms with Crippen molar-refractivity contribution in [2.45, 2.75) is 11.7 Å². The lowest BCUT2D eigenvalue weighted by Gasteiger charge is -2.12. The molecule has 2 N–H and O–H groups in total. The third-order valence-corrected chi connectivity index (χ3v) is 5.31. The minimum absolute atomic E-state index is 0.00672. The van der Waals surface area contributed by atoms with Crippen LogP contribution in [0.25, 0.3) is 0 Å². The number of methoxy groups -OCH3 is 2. The second-order valence-corrected chi connectivity index (χ2v) is 7.38. The van der Waals surface area contributed by atoms with Crippen molar-refractivity contribution < 1.29 is 19.1 Å². The fraction of sp³-hybridized carbons (Fsp3) is 0.211. The Kier molecular flexibility index (Phi) is 6.43. The van der Waals surface area contributed by atoms with E-state index in [4.69, 9.17) is 21.1 Å². The maximum atomic E-state index is 12.4. The second-order valence-electron chi connectivity index (χ2n) is 5.78. The van der Waals surface area contributed by atoms with Gasteiger partial charge in [-0.05, 0) is 24.3 Å². The maximum absolute atomic E-state index is 12.4. The van der Waals surface area contributed by atoms with Crippen molar-refractivity contribution >= 4 is 51.7 Å². The summed E-state index contributed by atoms with van der Waals surface area (Å²) in [5.74, 6) is 0.501. The number of halogens is 1. The lowest BCUT2D eigenvalue weighted by Crippen LogP contribution is -2.28. The SMILES string of the molecule is COc1ccc(NC(=O)CC2SC(=Nc3ccccc3Cl)NC2=O)c(OC)c1. The molecule has 1 atom stereocenters. The van der Waals surface area contributed by atoms with E-state index in [0.29, 0.717) is 33.1 Å². The average Bonchev–Trinajstić information content (AvgIpc) is 3.02. The number of anilines is 1. The molecule has 0 spiro atoms. The molecule has 1 aliphatic heterocycles. The summed E-state index contributed by atoms with van der Waals surface area (Å²) in [5, 5.41) is 5.76. The highest BCUT2D eigenvalue weighted by Gasteiger charge is 2.32. The molecule has 3 rings (SSSR count). The van der Waals surface area contributed by atoms with Gasteiger partial charge < -0.3 is 20.1 Å². The van der Waals surface area contributed by atoms with Crippen LogP contribution in [0, 0.1) is 0 Å². The molecule has 0 aliphatic carbocycles. The van der Waals surface area contributed by atoms with Crippen molar-refractivity contribution in [2.24, 2.45) is 4.99 Å². The molecule has 2 amide bonds. The average molecular weight is 420 g/mol. The summed E-state index contributed by atoms with van der Waals surface area (Å²) in [5.41, 5.74) is 1.06. The van der Waals surface area contributed by atoms with Gasteiger partial charge in [0.1, 0.15) is 16.7 Å². The molecule has 2 aromatic rings. The van der Waals surface area contributed by atoms with Gasteiger partial charge in [-0.15, -0.1) is 0 Å². The summed E-state index contributed by atoms with van der Waals surface area (Å²) in [4.78, 5) is 28.9. The summed E-state index contributed by atoms with van der Waals surface area (Å²) in [6.07, 6.45) is -0.00672. The summed E-state index contributed by atoms with van der Waals surface area (Å²) in [6, 6.07) is 12.1. The molecule has 2 aromatic carbocycles. The van der Waals surface area contributed by atoms with Crippen molar-refractivity contribution in [3.05, 3.63) is 47.5 Å². The number of carbonyl (C=O) groups is 2. The molecule has 1 unspecified atom stereocenters. The Morgan fingerprint density at radius 2 is 2.04 bits per heavy atom. The normalized spacial score (nSPS) is 17.3. The predicted molar refractivity (Wildman–Crippen MR) is 111 cm³/mol. The van der Waals surface area contributed by atoms with Gasteiger partial charge in [0.25, 0.3) is 0 Å². The number of nitrogens with zero attached hydrogens (tertiary/aromatic N) is 1. The lowest BCUT2D eigenvalue weighted by molar-refractivity contribution is -0.122. The van der Waals surface area contributed by atoms with Gasteiger partial charge in [-0.1, -0.05) is 35.5 Å². The third kappa shape index (κ3) is 4.76. The van der Waals surface area contributed by atoms with Crippen molar-refractivity contribution in [2.75, 3.05) is 19.5 Å². The van der Waals surface area contributed by atoms with E-state index in [2.05, 4.69) is 15.6 Å². The van der Waals surface area contributed by atoms with Gasteiger partial charge in [0.2, 0.25) is 11.8 Å². The number of amidine groups is 1. The zero-order valence-electron chi connectivity index (χ0n) is 15.2. The number of carbonyl (C=O) groups excluding carboxylic acids is 2. The van der Waals surface area contributed by atoms with E-state index in [9.17, 15) is 9.59 Å². The number of para-hydroxylation sites is 1. The van der Waals surface area contributed by atoms with Gasteiger partial charge in [0.15, 0.2) is 5.17 Å². The van der Waals surface area contributed by atoms with Crippen LogP contribution in [0.2, 0.25) is 5.02 Å². The van der Waals surface area contributed by atoms with Crippen molar-refractivity contribution in [3.63, 3.8) is 0 Å². The quantitative estimate of drug-likeness (QED) is 0.746. The molecule has 0 saturated carbocycles. The number of ether oxygens (including phenoxy) is 2. The Labute approximate surface area is 171 Å². The smallest absolute Gasteiger partial charge is 0.240 e. The van der Waals surface area contributed by atoms with Crippen molar-refractivity contribution in [1.29, 1.82) is 0 Å². The van der Waals surface area contributed by atoms with E-state index in [1.807, 2.05) is 0 Å². The number of amides is 2. The number of nitrogens with one attached hydrogen (secondary N) is 2. The molecule has 7 nitrogen and oxygen atoms in total. The molecule has 9 heteroatoms. The fourth-order valence-corrected chi connectivity index (χ4v) is 3.67. The molecular weight excluding hydrogens is 402 g/mol. The maximum Gasteiger partial charge on any atom is 0.240 e. The summed E-state index contributed by atoms with van der Waals surface area (Å²) in [6.45, 7) is 0. The van der Waals surface area contributed by atoms with E-state index in [-0.39, 0.29) is 18.2 Å². The van der Waals surface area contributed by atoms with Gasteiger partial charge in [-0.3, -0.25) is 9.59 Å². The van der Waals surface area contributed by atoms with Crippen LogP contribution in [0.3, 0.4) is 0 Å². The van der Waals surface area contributed by atoms with Crippen LogP contribution in [0.1, 0.15) is 6.42 Å². The van der Waals surface area contributed by atoms with E-state index >= 15 is 0 Å². The van der Waals surface area contributed by atoms with E-state index < -0.39 is 5.25 Å². The standard InChI is InChI=1S/C19H18ClN3O4S/c1-26-11-7-8-14(15(9-11)27-2)21-17(24)10-16-18(25)23-19(28-16)22-13-6-4-3-5-12(13)20/h3-9,16H,10H2,1-2H3,(H,21,24)(H,22,23,25). The second kappa shape index (κ2) is 8.99. The van der Waals surface area contributed by atoms with Crippen LogP contribution < -0.4 is 20.1 Å². The van der Waals surface area contributed by atoms with E-state index in [1.165, 1.54) is 18.9 Å². The number of hydrogen-bond donors (Lipinski definition) is 2. The molecule has 0 aromatic heterocycles. The summed E-state index contributed by atoms with van der Waals surface area (Å²) < 4.78 is 10.4. The predicted octanol–water partition coefficient (Wildman–Crippen LogP) is 3.61. The lowest BCUT2D eigenvalue weighted by atomic mass is 10.2. The van der Waals surface area contributed by atoms with Crippen LogP contribution in [-0.2, 0) is 9.59 Å². The molecule has 0 radical (unpaired) electrons. The minimum Gasteiger partial charge on any atom is -0.497 e. The third-order valence-electron chi connectivity index (χ3n) is 3.90. The molecule has 1 saturated heterocycles. The zero-order valence-corrected chi connectivity index (χ0v) is 16.8. The number of rotatable bonds is 6. The first kappa shape index (κ1) is 20.0. The first-order valence-corrected chi connectivity index (χ1v) is 9.58. The fourth-order valence-electron chi connectivity index (χ4n) is 2.52. The van der Waals surface area contributed by atoms with Gasteiger partial charge in [0, 0.05) is 12.5 Å². The largest absolute Gasteiger partial charge is 0.497 e. The molecule has 1 fully saturated rings. The Hall–Kier alpha value is -2.71. The van der Waals surface area contributed by atoms with Gasteiger partial charge >= 0.3 is 0 Å². The van der Waals surface area contributed by atoms with Gasteiger partial charge in [-0.2, -0.15) is 0 Å². The molecule has 146 valence electrons. The van der Waals surface area contributed by atoms with Crippen LogP contribution in [0.5, 0.6) is 11.5 Å². The monoisotopic (exact) mass is 419 g/mol. The number of aliphatic imine (C=N–C) groups is 1. The number of benzene rings is 2. The Bertz CT molecular complexity index is 935. The molecule has 28 heavy (non-hydrogen) atoms. The van der Waals surface area contributed by atoms with Gasteiger partial charge in [0.05, 0.1) is 30.6 Å². The Morgan fingerprint density at radius 3 is 2.75 bits per heavy atom. The summed E-state index contributed by atoms with van der Waals surface area (Å²) in [7, 11) is 3.05. The van der Waals surface area contributed by atoms with E-state index in [0.717, 1.165) is 0 Å². The van der Waals surface area contributed by atoms with Gasteiger partial charge in [-0.25, -0.2) is 4.99 Å². The van der Waals surface area contributed by atoms with Crippen LogP contribution in [0.4, 0.5) is 11.4 Å². The molecular formula is C19H18ClN3O4S. The van der Waals surface area contributed by atoms with Crippen molar-refractivity contribution in [3.8, 4) is 11.5 Å². The highest BCUT2D eigenvalue weighted by atomic mass is 35.5. The number of hydrogen-bond acceptors (Lipinski definition) is 6. The molecule has 1 heterocycles. The zero-order chi connectivity index (χ0) is 20.1. The molecule has 0 bridgehead atoms. The van der Waals surface area contributed by atoms with Crippen LogP contribution >= 0.6 is 23.4 Å². The number of thioether (sulfide) groups is 1. The van der Waals surface area contributed by atoms with Crippen LogP contribution in [-0.4, -0.2) is 36.5 Å². The minimum atomic E-state index is -0.578. The highest BCUT2D eigenvalue weighted by Crippen LogP contribution is 2.31. The Morgan fingerprint density at radius 1 is 1.25 bits per heavy atom. The Balaban J connectivity index is 1.65. The van der Waals surface area contributed by atoms with Crippen LogP contribution in [0.15, 0.2) is 47.5 Å². The summed E-state index contributed by atoms with van der Waals surface area (Å²) >= 11 is 7.28. The highest BCUT2D eigenvalue weighted by molar-refractivity contribution is 8.15. The topological polar surface area (TPSA) is 89.0 Å². The van der Waals surface area contributed by atoms with Crippen molar-refractivity contribution in [1.82, 2.24) is 5.32 Å². The first-order valence-electron chi connectivity index (χ1n) is 8.32.